The summed E-state index contributed by atoms with van der Waals surface area (Å²) in [5.74, 6) is -0.176. The average Bonchev–Trinajstić information content (AvgIpc) is 2.35. The lowest BCUT2D eigenvalue weighted by atomic mass is 9.82. The van der Waals surface area contributed by atoms with E-state index in [9.17, 15) is 4.79 Å². The number of ether oxygens (including phenoxy) is 1. The first-order chi connectivity index (χ1) is 8.58. The number of carbonyl (C=O) groups excluding carboxylic acids is 1. The highest BCUT2D eigenvalue weighted by Gasteiger charge is 2.37. The third-order valence-corrected chi connectivity index (χ3v) is 3.92. The molecule has 0 saturated heterocycles. The van der Waals surface area contributed by atoms with E-state index >= 15 is 0 Å². The average molecular weight is 255 g/mol. The first kappa shape index (κ1) is 15.5. The molecule has 0 bridgehead atoms. The van der Waals surface area contributed by atoms with Crippen molar-refractivity contribution in [2.75, 3.05) is 0 Å². The van der Waals surface area contributed by atoms with Crippen molar-refractivity contribution in [3.8, 4) is 0 Å². The molecule has 1 aliphatic carbocycles. The number of unbranched alkanes of at least 4 members (excludes halogenated alkanes) is 3. The highest BCUT2D eigenvalue weighted by Crippen LogP contribution is 2.27. The number of rotatable bonds is 7. The highest BCUT2D eigenvalue weighted by molar-refractivity contribution is 5.80. The second-order valence-corrected chi connectivity index (χ2v) is 5.78. The molecule has 1 fully saturated rings. The first-order valence-corrected chi connectivity index (χ1v) is 7.58. The third-order valence-electron chi connectivity index (χ3n) is 3.92. The van der Waals surface area contributed by atoms with Gasteiger partial charge in [0.05, 0.1) is 6.10 Å². The van der Waals surface area contributed by atoms with Crippen LogP contribution in [0.25, 0.3) is 0 Å². The molecule has 3 heteroatoms. The molecule has 0 aliphatic heterocycles. The molecule has 0 amide bonds. The van der Waals surface area contributed by atoms with Crippen LogP contribution < -0.4 is 5.73 Å². The Kier molecular flexibility index (Phi) is 6.69. The lowest BCUT2D eigenvalue weighted by Crippen LogP contribution is -2.51. The van der Waals surface area contributed by atoms with Gasteiger partial charge in [-0.25, -0.2) is 0 Å². The molecule has 1 rings (SSSR count). The molecule has 3 nitrogen and oxygen atoms in total. The molecule has 2 N–H and O–H groups in total. The van der Waals surface area contributed by atoms with Crippen LogP contribution in [0, 0.1) is 0 Å². The Morgan fingerprint density at radius 3 is 2.50 bits per heavy atom. The summed E-state index contributed by atoms with van der Waals surface area (Å²) < 4.78 is 5.51. The maximum atomic E-state index is 12.1. The summed E-state index contributed by atoms with van der Waals surface area (Å²) in [5.41, 5.74) is 5.45. The first-order valence-electron chi connectivity index (χ1n) is 7.58. The summed E-state index contributed by atoms with van der Waals surface area (Å²) >= 11 is 0. The fourth-order valence-corrected chi connectivity index (χ4v) is 2.60. The van der Waals surface area contributed by atoms with Crippen LogP contribution in [0.4, 0.5) is 0 Å². The fraction of sp³-hybridized carbons (Fsp3) is 0.933. The van der Waals surface area contributed by atoms with Gasteiger partial charge in [0, 0.05) is 0 Å². The Bertz CT molecular complexity index is 247. The van der Waals surface area contributed by atoms with Gasteiger partial charge in [-0.3, -0.25) is 4.79 Å². The zero-order valence-electron chi connectivity index (χ0n) is 12.0. The van der Waals surface area contributed by atoms with Crippen LogP contribution in [-0.2, 0) is 9.53 Å². The molecule has 0 heterocycles. The van der Waals surface area contributed by atoms with Gasteiger partial charge >= 0.3 is 5.97 Å². The van der Waals surface area contributed by atoms with E-state index in [0.29, 0.717) is 0 Å². The number of hydrogen-bond acceptors (Lipinski definition) is 3. The predicted octanol–water partition coefficient (Wildman–Crippen LogP) is 3.55. The summed E-state index contributed by atoms with van der Waals surface area (Å²) in [6.07, 6.45) is 10.7. The normalized spacial score (nSPS) is 20.4. The van der Waals surface area contributed by atoms with Crippen molar-refractivity contribution in [1.29, 1.82) is 0 Å². The van der Waals surface area contributed by atoms with E-state index in [0.717, 1.165) is 38.5 Å². The Labute approximate surface area is 111 Å². The van der Waals surface area contributed by atoms with E-state index in [-0.39, 0.29) is 12.1 Å². The summed E-state index contributed by atoms with van der Waals surface area (Å²) in [4.78, 5) is 12.1. The van der Waals surface area contributed by atoms with Crippen LogP contribution in [0.15, 0.2) is 0 Å². The highest BCUT2D eigenvalue weighted by atomic mass is 16.5. The van der Waals surface area contributed by atoms with E-state index in [1.807, 2.05) is 6.92 Å². The largest absolute Gasteiger partial charge is 0.461 e. The van der Waals surface area contributed by atoms with E-state index in [4.69, 9.17) is 10.5 Å². The molecule has 1 aliphatic rings. The van der Waals surface area contributed by atoms with Gasteiger partial charge < -0.3 is 10.5 Å². The lowest BCUT2D eigenvalue weighted by molar-refractivity contribution is -0.156. The molecule has 1 saturated carbocycles. The van der Waals surface area contributed by atoms with Crippen molar-refractivity contribution >= 4 is 5.97 Å². The molecular weight excluding hydrogens is 226 g/mol. The molecule has 1 unspecified atom stereocenters. The molecule has 0 spiro atoms. The van der Waals surface area contributed by atoms with Crippen LogP contribution >= 0.6 is 0 Å². The predicted molar refractivity (Wildman–Crippen MR) is 74.3 cm³/mol. The van der Waals surface area contributed by atoms with Gasteiger partial charge in [-0.2, -0.15) is 0 Å². The van der Waals surface area contributed by atoms with Crippen LogP contribution in [0.5, 0.6) is 0 Å². The third kappa shape index (κ3) is 4.97. The van der Waals surface area contributed by atoms with E-state index < -0.39 is 5.54 Å². The summed E-state index contributed by atoms with van der Waals surface area (Å²) in [7, 11) is 0. The Morgan fingerprint density at radius 2 is 1.89 bits per heavy atom. The summed E-state index contributed by atoms with van der Waals surface area (Å²) in [6.45, 7) is 4.18. The Morgan fingerprint density at radius 1 is 1.22 bits per heavy atom. The van der Waals surface area contributed by atoms with Gasteiger partial charge in [0.15, 0.2) is 0 Å². The molecule has 18 heavy (non-hydrogen) atoms. The zero-order valence-corrected chi connectivity index (χ0v) is 12.0. The van der Waals surface area contributed by atoms with Gasteiger partial charge in [-0.1, -0.05) is 45.4 Å². The molecule has 1 atom stereocenters. The molecule has 0 radical (unpaired) electrons. The summed E-state index contributed by atoms with van der Waals surface area (Å²) in [5, 5.41) is 0. The second kappa shape index (κ2) is 7.78. The van der Waals surface area contributed by atoms with E-state index in [1.165, 1.54) is 25.7 Å². The standard InChI is InChI=1S/C15H29NO2/c1-3-4-5-7-10-13(2)18-14(17)15(16)11-8-6-9-12-15/h13H,3-12,16H2,1-2H3. The van der Waals surface area contributed by atoms with E-state index in [1.54, 1.807) is 0 Å². The van der Waals surface area contributed by atoms with Crippen LogP contribution in [0.2, 0.25) is 0 Å². The molecule has 0 aromatic carbocycles. The maximum Gasteiger partial charge on any atom is 0.326 e. The minimum Gasteiger partial charge on any atom is -0.461 e. The number of hydrogen-bond donors (Lipinski definition) is 1. The molecular formula is C15H29NO2. The Balaban J connectivity index is 2.25. The van der Waals surface area contributed by atoms with Crippen molar-refractivity contribution in [1.82, 2.24) is 0 Å². The van der Waals surface area contributed by atoms with Crippen LogP contribution in [-0.4, -0.2) is 17.6 Å². The van der Waals surface area contributed by atoms with Gasteiger partial charge in [-0.15, -0.1) is 0 Å². The van der Waals surface area contributed by atoms with Crippen LogP contribution in [0.3, 0.4) is 0 Å². The quantitative estimate of drug-likeness (QED) is 0.559. The van der Waals surface area contributed by atoms with Gasteiger partial charge in [0.2, 0.25) is 0 Å². The maximum absolute atomic E-state index is 12.1. The fourth-order valence-electron chi connectivity index (χ4n) is 2.60. The van der Waals surface area contributed by atoms with Crippen molar-refractivity contribution in [3.63, 3.8) is 0 Å². The minimum absolute atomic E-state index is 0.0108. The number of nitrogens with two attached hydrogens (primary N) is 1. The van der Waals surface area contributed by atoms with Gasteiger partial charge in [-0.05, 0) is 32.6 Å². The summed E-state index contributed by atoms with van der Waals surface area (Å²) in [6, 6.07) is 0. The van der Waals surface area contributed by atoms with Crippen LogP contribution in [0.1, 0.15) is 78.1 Å². The van der Waals surface area contributed by atoms with Crippen molar-refractivity contribution < 1.29 is 9.53 Å². The smallest absolute Gasteiger partial charge is 0.326 e. The van der Waals surface area contributed by atoms with Gasteiger partial charge in [0.1, 0.15) is 5.54 Å². The van der Waals surface area contributed by atoms with Crippen molar-refractivity contribution in [2.24, 2.45) is 5.73 Å². The van der Waals surface area contributed by atoms with Crippen molar-refractivity contribution in [3.05, 3.63) is 0 Å². The number of carbonyl (C=O) groups is 1. The van der Waals surface area contributed by atoms with Crippen molar-refractivity contribution in [2.45, 2.75) is 89.7 Å². The SMILES string of the molecule is CCCCCCC(C)OC(=O)C1(N)CCCCC1. The zero-order chi connectivity index (χ0) is 13.4. The molecule has 0 aromatic heterocycles. The van der Waals surface area contributed by atoms with Gasteiger partial charge in [0.25, 0.3) is 0 Å². The Hall–Kier alpha value is -0.570. The molecule has 106 valence electrons. The van der Waals surface area contributed by atoms with E-state index in [2.05, 4.69) is 6.92 Å². The number of esters is 1. The second-order valence-electron chi connectivity index (χ2n) is 5.78. The molecule has 0 aromatic rings. The lowest BCUT2D eigenvalue weighted by Gasteiger charge is -2.32. The monoisotopic (exact) mass is 255 g/mol. The topological polar surface area (TPSA) is 52.3 Å². The minimum atomic E-state index is -0.698.